The molecule has 78 valence electrons. The SMILES string of the molecule is CN=C(NC)NCC(C)(C)N(C)C. The molecule has 0 saturated heterocycles. The molecule has 4 heteroatoms. The highest BCUT2D eigenvalue weighted by molar-refractivity contribution is 5.79. The topological polar surface area (TPSA) is 39.7 Å². The van der Waals surface area contributed by atoms with E-state index in [0.717, 1.165) is 12.5 Å². The summed E-state index contributed by atoms with van der Waals surface area (Å²) in [5, 5.41) is 6.22. The van der Waals surface area contributed by atoms with E-state index in [0.29, 0.717) is 0 Å². The van der Waals surface area contributed by atoms with Crippen LogP contribution in [0.5, 0.6) is 0 Å². The third-order valence-electron chi connectivity index (χ3n) is 2.36. The van der Waals surface area contributed by atoms with Crippen LogP contribution in [-0.2, 0) is 0 Å². The summed E-state index contributed by atoms with van der Waals surface area (Å²) >= 11 is 0. The zero-order valence-electron chi connectivity index (χ0n) is 9.60. The van der Waals surface area contributed by atoms with Gasteiger partial charge in [-0.3, -0.25) is 4.99 Å². The van der Waals surface area contributed by atoms with Crippen molar-refractivity contribution in [3.8, 4) is 0 Å². The van der Waals surface area contributed by atoms with Gasteiger partial charge in [-0.2, -0.15) is 0 Å². The quantitative estimate of drug-likeness (QED) is 0.486. The average Bonchev–Trinajstić information content (AvgIpc) is 2.06. The third-order valence-corrected chi connectivity index (χ3v) is 2.36. The molecule has 2 N–H and O–H groups in total. The first-order valence-electron chi connectivity index (χ1n) is 4.50. The summed E-state index contributed by atoms with van der Waals surface area (Å²) in [4.78, 5) is 6.23. The summed E-state index contributed by atoms with van der Waals surface area (Å²) in [6.45, 7) is 5.24. The minimum atomic E-state index is 0.132. The zero-order chi connectivity index (χ0) is 10.5. The van der Waals surface area contributed by atoms with Crippen molar-refractivity contribution in [2.45, 2.75) is 19.4 Å². The molecule has 0 radical (unpaired) electrons. The Balaban J connectivity index is 4.01. The van der Waals surface area contributed by atoms with Crippen LogP contribution >= 0.6 is 0 Å². The molecule has 0 aromatic rings. The molecular formula is C9H22N4. The Bertz CT molecular complexity index is 172. The lowest BCUT2D eigenvalue weighted by atomic mass is 10.1. The fraction of sp³-hybridized carbons (Fsp3) is 0.889. The van der Waals surface area contributed by atoms with Crippen LogP contribution in [0.1, 0.15) is 13.8 Å². The largest absolute Gasteiger partial charge is 0.359 e. The Morgan fingerprint density at radius 3 is 2.23 bits per heavy atom. The molecular weight excluding hydrogens is 164 g/mol. The maximum Gasteiger partial charge on any atom is 0.190 e. The maximum atomic E-state index is 4.04. The van der Waals surface area contributed by atoms with Crippen molar-refractivity contribution in [2.24, 2.45) is 4.99 Å². The molecule has 0 spiro atoms. The van der Waals surface area contributed by atoms with Crippen LogP contribution in [0.3, 0.4) is 0 Å². The van der Waals surface area contributed by atoms with Gasteiger partial charge >= 0.3 is 0 Å². The number of likely N-dealkylation sites (N-methyl/N-ethyl adjacent to an activating group) is 1. The summed E-state index contributed by atoms with van der Waals surface area (Å²) in [6.07, 6.45) is 0. The van der Waals surface area contributed by atoms with Crippen molar-refractivity contribution in [2.75, 3.05) is 34.7 Å². The summed E-state index contributed by atoms with van der Waals surface area (Å²) < 4.78 is 0. The van der Waals surface area contributed by atoms with Crippen LogP contribution in [0.4, 0.5) is 0 Å². The summed E-state index contributed by atoms with van der Waals surface area (Å²) in [5.74, 6) is 0.829. The first-order chi connectivity index (χ1) is 5.94. The average molecular weight is 186 g/mol. The molecule has 0 unspecified atom stereocenters. The van der Waals surface area contributed by atoms with Crippen LogP contribution in [0.25, 0.3) is 0 Å². The van der Waals surface area contributed by atoms with Gasteiger partial charge in [0.2, 0.25) is 0 Å². The molecule has 0 saturated carbocycles. The normalized spacial score (nSPS) is 13.3. The molecule has 0 aromatic carbocycles. The number of rotatable bonds is 3. The number of hydrogen-bond acceptors (Lipinski definition) is 2. The van der Waals surface area contributed by atoms with Crippen molar-refractivity contribution >= 4 is 5.96 Å². The Morgan fingerprint density at radius 1 is 1.38 bits per heavy atom. The molecule has 0 aliphatic rings. The van der Waals surface area contributed by atoms with E-state index in [1.807, 2.05) is 7.05 Å². The minimum absolute atomic E-state index is 0.132. The van der Waals surface area contributed by atoms with E-state index >= 15 is 0 Å². The lowest BCUT2D eigenvalue weighted by Gasteiger charge is -2.33. The smallest absolute Gasteiger partial charge is 0.190 e. The minimum Gasteiger partial charge on any atom is -0.359 e. The molecule has 0 fully saturated rings. The fourth-order valence-corrected chi connectivity index (χ4v) is 0.737. The van der Waals surface area contributed by atoms with Crippen LogP contribution in [0, 0.1) is 0 Å². The maximum absolute atomic E-state index is 4.04. The van der Waals surface area contributed by atoms with Gasteiger partial charge in [0.1, 0.15) is 0 Å². The van der Waals surface area contributed by atoms with Crippen LogP contribution in [0.15, 0.2) is 4.99 Å². The number of hydrogen-bond donors (Lipinski definition) is 2. The van der Waals surface area contributed by atoms with Gasteiger partial charge < -0.3 is 15.5 Å². The molecule has 13 heavy (non-hydrogen) atoms. The standard InChI is InChI=1S/C9H22N4/c1-9(2,13(5)6)7-12-8(10-3)11-4/h7H2,1-6H3,(H2,10,11,12). The molecule has 4 nitrogen and oxygen atoms in total. The van der Waals surface area contributed by atoms with Crippen LogP contribution < -0.4 is 10.6 Å². The summed E-state index contributed by atoms with van der Waals surface area (Å²) in [5.41, 5.74) is 0.132. The van der Waals surface area contributed by atoms with Crippen molar-refractivity contribution < 1.29 is 0 Å². The number of nitrogens with zero attached hydrogens (tertiary/aromatic N) is 2. The van der Waals surface area contributed by atoms with E-state index in [9.17, 15) is 0 Å². The van der Waals surface area contributed by atoms with E-state index in [4.69, 9.17) is 0 Å². The molecule has 0 heterocycles. The van der Waals surface area contributed by atoms with E-state index in [2.05, 4.69) is 48.5 Å². The third kappa shape index (κ3) is 4.12. The second-order valence-electron chi connectivity index (χ2n) is 3.88. The molecule has 0 bridgehead atoms. The second kappa shape index (κ2) is 5.07. The van der Waals surface area contributed by atoms with E-state index < -0.39 is 0 Å². The predicted molar refractivity (Wildman–Crippen MR) is 58.2 cm³/mol. The highest BCUT2D eigenvalue weighted by Gasteiger charge is 2.19. The van der Waals surface area contributed by atoms with Crippen LogP contribution in [0.2, 0.25) is 0 Å². The van der Waals surface area contributed by atoms with Crippen molar-refractivity contribution in [1.82, 2.24) is 15.5 Å². The second-order valence-corrected chi connectivity index (χ2v) is 3.88. The van der Waals surface area contributed by atoms with Gasteiger partial charge in [0.05, 0.1) is 0 Å². The first-order valence-corrected chi connectivity index (χ1v) is 4.50. The Morgan fingerprint density at radius 2 is 1.92 bits per heavy atom. The number of nitrogens with one attached hydrogen (secondary N) is 2. The lowest BCUT2D eigenvalue weighted by molar-refractivity contribution is 0.197. The van der Waals surface area contributed by atoms with Gasteiger partial charge in [0.15, 0.2) is 5.96 Å². The summed E-state index contributed by atoms with van der Waals surface area (Å²) in [7, 11) is 7.77. The van der Waals surface area contributed by atoms with Gasteiger partial charge in [-0.15, -0.1) is 0 Å². The van der Waals surface area contributed by atoms with Gasteiger partial charge in [0, 0.05) is 26.2 Å². The summed E-state index contributed by atoms with van der Waals surface area (Å²) in [6, 6.07) is 0. The molecule has 0 amide bonds. The van der Waals surface area contributed by atoms with Crippen LogP contribution in [-0.4, -0.2) is 51.1 Å². The van der Waals surface area contributed by atoms with Crippen molar-refractivity contribution in [1.29, 1.82) is 0 Å². The molecule has 0 rings (SSSR count). The molecule has 0 aliphatic carbocycles. The van der Waals surface area contributed by atoms with Crippen molar-refractivity contribution in [3.63, 3.8) is 0 Å². The van der Waals surface area contributed by atoms with Crippen molar-refractivity contribution in [3.05, 3.63) is 0 Å². The number of guanidine groups is 1. The monoisotopic (exact) mass is 186 g/mol. The van der Waals surface area contributed by atoms with E-state index in [1.54, 1.807) is 7.05 Å². The first kappa shape index (κ1) is 12.2. The zero-order valence-corrected chi connectivity index (χ0v) is 9.60. The van der Waals surface area contributed by atoms with E-state index in [-0.39, 0.29) is 5.54 Å². The Labute approximate surface area is 81.4 Å². The predicted octanol–water partition coefficient (Wildman–Crippen LogP) is 0.121. The highest BCUT2D eigenvalue weighted by Crippen LogP contribution is 2.07. The Kier molecular flexibility index (Phi) is 4.77. The van der Waals surface area contributed by atoms with Gasteiger partial charge in [-0.1, -0.05) is 0 Å². The van der Waals surface area contributed by atoms with Gasteiger partial charge in [-0.25, -0.2) is 0 Å². The number of aliphatic imine (C=N–C) groups is 1. The lowest BCUT2D eigenvalue weighted by Crippen LogP contribution is -2.50. The molecule has 0 aliphatic heterocycles. The Hall–Kier alpha value is -0.770. The van der Waals surface area contributed by atoms with Gasteiger partial charge in [0.25, 0.3) is 0 Å². The van der Waals surface area contributed by atoms with E-state index in [1.165, 1.54) is 0 Å². The molecule has 0 atom stereocenters. The van der Waals surface area contributed by atoms with Gasteiger partial charge in [-0.05, 0) is 27.9 Å². The molecule has 0 aromatic heterocycles. The fourth-order valence-electron chi connectivity index (χ4n) is 0.737. The highest BCUT2D eigenvalue weighted by atomic mass is 15.2.